The highest BCUT2D eigenvalue weighted by molar-refractivity contribution is 6.35. The van der Waals surface area contributed by atoms with Crippen LogP contribution >= 0.6 is 23.2 Å². The molecule has 0 spiro atoms. The van der Waals surface area contributed by atoms with Crippen molar-refractivity contribution < 1.29 is 9.59 Å². The van der Waals surface area contributed by atoms with Gasteiger partial charge in [-0.2, -0.15) is 0 Å². The first-order chi connectivity index (χ1) is 12.0. The van der Waals surface area contributed by atoms with E-state index in [-0.39, 0.29) is 18.2 Å². The topological polar surface area (TPSA) is 76.0 Å². The highest BCUT2D eigenvalue weighted by Gasteiger charge is 2.34. The van der Waals surface area contributed by atoms with Crippen molar-refractivity contribution in [1.82, 2.24) is 9.55 Å². The first-order valence-electron chi connectivity index (χ1n) is 7.55. The summed E-state index contributed by atoms with van der Waals surface area (Å²) in [5.41, 5.74) is 2.06. The van der Waals surface area contributed by atoms with Crippen molar-refractivity contribution in [2.24, 2.45) is 0 Å². The van der Waals surface area contributed by atoms with E-state index in [9.17, 15) is 9.59 Å². The quantitative estimate of drug-likeness (QED) is 0.730. The minimum Gasteiger partial charge on any atom is -0.326 e. The van der Waals surface area contributed by atoms with Gasteiger partial charge in [-0.05, 0) is 30.3 Å². The predicted octanol–water partition coefficient (Wildman–Crippen LogP) is 3.87. The molecular formula is C17H12Cl2N4O2. The molecule has 1 aliphatic heterocycles. The average molecular weight is 375 g/mol. The van der Waals surface area contributed by atoms with Gasteiger partial charge >= 0.3 is 0 Å². The summed E-state index contributed by atoms with van der Waals surface area (Å²) in [5, 5.41) is 6.28. The number of imidazole rings is 1. The normalized spacial score (nSPS) is 15.9. The van der Waals surface area contributed by atoms with E-state index >= 15 is 0 Å². The van der Waals surface area contributed by atoms with E-state index in [0.29, 0.717) is 21.7 Å². The zero-order valence-electron chi connectivity index (χ0n) is 12.8. The van der Waals surface area contributed by atoms with Crippen LogP contribution in [0.25, 0.3) is 11.0 Å². The average Bonchev–Trinajstić information content (AvgIpc) is 3.02. The van der Waals surface area contributed by atoms with Crippen molar-refractivity contribution in [2.45, 2.75) is 12.5 Å². The number of hydrogen-bond donors (Lipinski definition) is 2. The van der Waals surface area contributed by atoms with Crippen LogP contribution in [0.15, 0.2) is 42.5 Å². The second-order valence-electron chi connectivity index (χ2n) is 5.71. The molecule has 0 saturated heterocycles. The molecule has 126 valence electrons. The number of benzene rings is 2. The molecule has 2 N–H and O–H groups in total. The number of rotatable bonds is 3. The number of hydrogen-bond acceptors (Lipinski definition) is 3. The van der Waals surface area contributed by atoms with Crippen LogP contribution in [0.5, 0.6) is 0 Å². The lowest BCUT2D eigenvalue weighted by Crippen LogP contribution is -2.23. The Balaban J connectivity index is 1.59. The molecule has 0 radical (unpaired) electrons. The molecule has 0 unspecified atom stereocenters. The lowest BCUT2D eigenvalue weighted by Gasteiger charge is -2.12. The zero-order valence-corrected chi connectivity index (χ0v) is 14.3. The lowest BCUT2D eigenvalue weighted by molar-refractivity contribution is -0.123. The fourth-order valence-corrected chi connectivity index (χ4v) is 3.48. The third-order valence-corrected chi connectivity index (χ3v) is 4.41. The summed E-state index contributed by atoms with van der Waals surface area (Å²) < 4.78 is 1.75. The summed E-state index contributed by atoms with van der Waals surface area (Å²) in [7, 11) is 0. The second-order valence-corrected chi connectivity index (χ2v) is 6.58. The minimum atomic E-state index is -0.656. The molecule has 8 heteroatoms. The van der Waals surface area contributed by atoms with Gasteiger partial charge in [0.2, 0.25) is 17.8 Å². The Morgan fingerprint density at radius 1 is 1.20 bits per heavy atom. The third-order valence-electron chi connectivity index (χ3n) is 3.97. The number of carbonyl (C=O) groups excluding carboxylic acids is 2. The Labute approximate surface area is 152 Å². The number of anilines is 2. The van der Waals surface area contributed by atoms with Crippen LogP contribution in [0.1, 0.15) is 12.5 Å². The molecule has 1 aliphatic rings. The Morgan fingerprint density at radius 2 is 1.92 bits per heavy atom. The molecule has 4 rings (SSSR count). The SMILES string of the molecule is O=C(C[C@H]1C(=O)Nc2nc3ccccc3n21)Nc1cc(Cl)cc(Cl)c1. The predicted molar refractivity (Wildman–Crippen MR) is 97.1 cm³/mol. The molecule has 3 aromatic rings. The van der Waals surface area contributed by atoms with Gasteiger partial charge in [-0.15, -0.1) is 0 Å². The van der Waals surface area contributed by atoms with Gasteiger partial charge in [0.15, 0.2) is 0 Å². The van der Waals surface area contributed by atoms with Crippen LogP contribution in [0.3, 0.4) is 0 Å². The number of nitrogens with one attached hydrogen (secondary N) is 2. The highest BCUT2D eigenvalue weighted by Crippen LogP contribution is 2.32. The summed E-state index contributed by atoms with van der Waals surface area (Å²) in [5.74, 6) is -0.119. The van der Waals surface area contributed by atoms with Gasteiger partial charge in [0.1, 0.15) is 6.04 Å². The molecule has 1 atom stereocenters. The van der Waals surface area contributed by atoms with E-state index in [1.807, 2.05) is 24.3 Å². The maximum Gasteiger partial charge on any atom is 0.250 e. The minimum absolute atomic E-state index is 0.0245. The maximum absolute atomic E-state index is 12.4. The number of para-hydroxylation sites is 2. The molecule has 0 aliphatic carbocycles. The van der Waals surface area contributed by atoms with Crippen molar-refractivity contribution in [3.8, 4) is 0 Å². The maximum atomic E-state index is 12.4. The number of halogens is 2. The van der Waals surface area contributed by atoms with Gasteiger partial charge in [0.05, 0.1) is 17.5 Å². The van der Waals surface area contributed by atoms with Crippen molar-refractivity contribution in [2.75, 3.05) is 10.6 Å². The fourth-order valence-electron chi connectivity index (χ4n) is 2.96. The van der Waals surface area contributed by atoms with Gasteiger partial charge < -0.3 is 5.32 Å². The molecular weight excluding hydrogens is 363 g/mol. The molecule has 25 heavy (non-hydrogen) atoms. The first-order valence-corrected chi connectivity index (χ1v) is 8.30. The molecule has 2 heterocycles. The Kier molecular flexibility index (Phi) is 3.86. The molecule has 0 fully saturated rings. The molecule has 2 aromatic carbocycles. The monoisotopic (exact) mass is 374 g/mol. The van der Waals surface area contributed by atoms with E-state index in [4.69, 9.17) is 23.2 Å². The molecule has 0 saturated carbocycles. The standard InChI is InChI=1S/C17H12Cl2N4O2/c18-9-5-10(19)7-11(6-9)20-15(24)8-14-16(25)22-17-21-12-3-1-2-4-13(12)23(14)17/h1-7,14H,8H2,(H,20,24)(H,21,22,25)/t14-/m0/s1. The van der Waals surface area contributed by atoms with Crippen molar-refractivity contribution in [1.29, 1.82) is 0 Å². The number of aromatic nitrogens is 2. The number of carbonyl (C=O) groups is 2. The third kappa shape index (κ3) is 2.94. The number of nitrogens with zero attached hydrogens (tertiary/aromatic N) is 2. The van der Waals surface area contributed by atoms with Crippen molar-refractivity contribution in [3.05, 3.63) is 52.5 Å². The molecule has 1 aromatic heterocycles. The largest absolute Gasteiger partial charge is 0.326 e. The van der Waals surface area contributed by atoms with Crippen LogP contribution in [0, 0.1) is 0 Å². The van der Waals surface area contributed by atoms with Crippen molar-refractivity contribution >= 4 is 57.7 Å². The Bertz CT molecular complexity index is 995. The van der Waals surface area contributed by atoms with Crippen LogP contribution in [-0.4, -0.2) is 21.4 Å². The van der Waals surface area contributed by atoms with Gasteiger partial charge in [0.25, 0.3) is 0 Å². The fraction of sp³-hybridized carbons (Fsp3) is 0.118. The second kappa shape index (κ2) is 6.06. The van der Waals surface area contributed by atoms with Gasteiger partial charge in [0, 0.05) is 15.7 Å². The summed E-state index contributed by atoms with van der Waals surface area (Å²) in [4.78, 5) is 29.0. The van der Waals surface area contributed by atoms with Crippen LogP contribution in [-0.2, 0) is 9.59 Å². The van der Waals surface area contributed by atoms with E-state index in [1.54, 1.807) is 22.8 Å². The molecule has 6 nitrogen and oxygen atoms in total. The number of amides is 2. The van der Waals surface area contributed by atoms with Crippen molar-refractivity contribution in [3.63, 3.8) is 0 Å². The van der Waals surface area contributed by atoms with Gasteiger partial charge in [-0.25, -0.2) is 4.98 Å². The molecule has 2 amide bonds. The molecule has 0 bridgehead atoms. The highest BCUT2D eigenvalue weighted by atomic mass is 35.5. The first kappa shape index (κ1) is 15.9. The van der Waals surface area contributed by atoms with E-state index in [2.05, 4.69) is 15.6 Å². The van der Waals surface area contributed by atoms with Gasteiger partial charge in [-0.1, -0.05) is 35.3 Å². The Hall–Kier alpha value is -2.57. The summed E-state index contributed by atoms with van der Waals surface area (Å²) in [6.45, 7) is 0. The van der Waals surface area contributed by atoms with Crippen LogP contribution in [0.4, 0.5) is 11.6 Å². The summed E-state index contributed by atoms with van der Waals surface area (Å²) >= 11 is 11.9. The summed E-state index contributed by atoms with van der Waals surface area (Å²) in [6, 6.07) is 11.6. The van der Waals surface area contributed by atoms with Crippen LogP contribution in [0.2, 0.25) is 10.0 Å². The smallest absolute Gasteiger partial charge is 0.250 e. The van der Waals surface area contributed by atoms with E-state index < -0.39 is 6.04 Å². The summed E-state index contributed by atoms with van der Waals surface area (Å²) in [6.07, 6.45) is -0.0245. The lowest BCUT2D eigenvalue weighted by atomic mass is 10.1. The number of fused-ring (bicyclic) bond motifs is 3. The van der Waals surface area contributed by atoms with E-state index in [1.165, 1.54) is 0 Å². The zero-order chi connectivity index (χ0) is 17.6. The van der Waals surface area contributed by atoms with E-state index in [0.717, 1.165) is 11.0 Å². The van der Waals surface area contributed by atoms with Crippen LogP contribution < -0.4 is 10.6 Å². The Morgan fingerprint density at radius 3 is 2.68 bits per heavy atom. The van der Waals surface area contributed by atoms with Gasteiger partial charge in [-0.3, -0.25) is 19.5 Å².